The molecule has 0 aliphatic rings. The number of hydrogen-bond donors (Lipinski definition) is 4. The lowest BCUT2D eigenvalue weighted by Gasteiger charge is -2.23. The van der Waals surface area contributed by atoms with Crippen LogP contribution in [0.5, 0.6) is 0 Å². The van der Waals surface area contributed by atoms with Crippen molar-refractivity contribution in [2.24, 2.45) is 11.7 Å². The van der Waals surface area contributed by atoms with Crippen LogP contribution in [0.1, 0.15) is 44.4 Å². The van der Waals surface area contributed by atoms with Crippen molar-refractivity contribution in [3.63, 3.8) is 0 Å². The lowest BCUT2D eigenvalue weighted by molar-refractivity contribution is -0.145. The fourth-order valence-electron chi connectivity index (χ4n) is 2.62. The van der Waals surface area contributed by atoms with Crippen molar-refractivity contribution >= 4 is 17.8 Å². The van der Waals surface area contributed by atoms with E-state index in [1.54, 1.807) is 12.1 Å². The fourth-order valence-corrected chi connectivity index (χ4v) is 2.62. The minimum absolute atomic E-state index is 0.156. The quantitative estimate of drug-likeness (QED) is 0.454. The third-order valence-electron chi connectivity index (χ3n) is 4.33. The zero-order chi connectivity index (χ0) is 21.4. The number of esters is 1. The predicted octanol–water partition coefficient (Wildman–Crippen LogP) is 0.564. The number of methoxy groups -OCH3 is 1. The average molecular weight is 393 g/mol. The Labute approximate surface area is 165 Å². The Morgan fingerprint density at radius 2 is 1.64 bits per heavy atom. The molecule has 0 spiro atoms. The fraction of sp³-hybridized carbons (Fsp3) is 0.550. The highest BCUT2D eigenvalue weighted by atomic mass is 16.5. The summed E-state index contributed by atoms with van der Waals surface area (Å²) in [6.07, 6.45) is -1.12. The second-order valence-corrected chi connectivity index (χ2v) is 7.33. The standard InChI is InChI=1S/C20H31N3O5/c1-11(2)10-15(20(27)28-5)23-18(25)13(4)22-19(26)17(24)16(21)14-8-6-12(3)7-9-14/h6-9,11,13,15-17,24H,10,21H2,1-5H3,(H,22,26)(H,23,25)/t13-,15-,16+,17-/m0/s1. The van der Waals surface area contributed by atoms with Gasteiger partial charge in [-0.1, -0.05) is 43.7 Å². The van der Waals surface area contributed by atoms with Crippen LogP contribution in [0.4, 0.5) is 0 Å². The van der Waals surface area contributed by atoms with Gasteiger partial charge in [-0.2, -0.15) is 0 Å². The average Bonchev–Trinajstić information content (AvgIpc) is 2.65. The maximum atomic E-state index is 12.3. The summed E-state index contributed by atoms with van der Waals surface area (Å²) in [4.78, 5) is 36.4. The molecule has 0 aliphatic heterocycles. The molecule has 0 aliphatic carbocycles. The molecule has 0 unspecified atom stereocenters. The van der Waals surface area contributed by atoms with E-state index in [0.717, 1.165) is 5.56 Å². The molecular weight excluding hydrogens is 362 g/mol. The Morgan fingerprint density at radius 3 is 2.14 bits per heavy atom. The first kappa shape index (κ1) is 23.6. The number of rotatable bonds is 9. The van der Waals surface area contributed by atoms with Gasteiger partial charge in [0.05, 0.1) is 13.2 Å². The number of ether oxygens (including phenoxy) is 1. The van der Waals surface area contributed by atoms with Crippen molar-refractivity contribution in [1.82, 2.24) is 10.6 Å². The number of carbonyl (C=O) groups excluding carboxylic acids is 3. The van der Waals surface area contributed by atoms with E-state index in [4.69, 9.17) is 10.5 Å². The van der Waals surface area contributed by atoms with Crippen molar-refractivity contribution in [3.8, 4) is 0 Å². The number of aliphatic hydroxyl groups is 1. The Kier molecular flexibility index (Phi) is 9.08. The van der Waals surface area contributed by atoms with Gasteiger partial charge < -0.3 is 26.2 Å². The molecule has 0 heterocycles. The summed E-state index contributed by atoms with van der Waals surface area (Å²) in [5.41, 5.74) is 7.60. The number of amides is 2. The molecule has 1 aromatic rings. The van der Waals surface area contributed by atoms with Gasteiger partial charge >= 0.3 is 5.97 Å². The van der Waals surface area contributed by atoms with Gasteiger partial charge in [0.1, 0.15) is 12.1 Å². The summed E-state index contributed by atoms with van der Waals surface area (Å²) in [6, 6.07) is 4.43. The zero-order valence-corrected chi connectivity index (χ0v) is 17.1. The molecule has 4 atom stereocenters. The molecule has 28 heavy (non-hydrogen) atoms. The number of nitrogens with two attached hydrogens (primary N) is 1. The molecule has 5 N–H and O–H groups in total. The van der Waals surface area contributed by atoms with Crippen LogP contribution < -0.4 is 16.4 Å². The second-order valence-electron chi connectivity index (χ2n) is 7.33. The molecule has 0 aromatic heterocycles. The summed E-state index contributed by atoms with van der Waals surface area (Å²) >= 11 is 0. The molecule has 0 fully saturated rings. The van der Waals surface area contributed by atoms with E-state index in [2.05, 4.69) is 10.6 Å². The lowest BCUT2D eigenvalue weighted by atomic mass is 10.0. The van der Waals surface area contributed by atoms with Crippen LogP contribution in [0, 0.1) is 12.8 Å². The van der Waals surface area contributed by atoms with Gasteiger partial charge in [0.15, 0.2) is 6.10 Å². The van der Waals surface area contributed by atoms with E-state index in [0.29, 0.717) is 12.0 Å². The third kappa shape index (κ3) is 6.94. The molecule has 0 saturated heterocycles. The number of carbonyl (C=O) groups is 3. The van der Waals surface area contributed by atoms with E-state index >= 15 is 0 Å². The summed E-state index contributed by atoms with van der Waals surface area (Å²) in [5, 5.41) is 15.2. The largest absolute Gasteiger partial charge is 0.467 e. The maximum Gasteiger partial charge on any atom is 0.328 e. The highest BCUT2D eigenvalue weighted by Crippen LogP contribution is 2.15. The van der Waals surface area contributed by atoms with Gasteiger partial charge in [-0.15, -0.1) is 0 Å². The minimum Gasteiger partial charge on any atom is -0.467 e. The monoisotopic (exact) mass is 393 g/mol. The highest BCUT2D eigenvalue weighted by molar-refractivity contribution is 5.91. The summed E-state index contributed by atoms with van der Waals surface area (Å²) in [5.74, 6) is -1.72. The van der Waals surface area contributed by atoms with E-state index in [1.807, 2.05) is 32.9 Å². The molecule has 8 nitrogen and oxygen atoms in total. The van der Waals surface area contributed by atoms with Crippen LogP contribution in [0.15, 0.2) is 24.3 Å². The number of nitrogens with one attached hydrogen (secondary N) is 2. The molecular formula is C20H31N3O5. The first-order chi connectivity index (χ1) is 13.1. The Balaban J connectivity index is 2.69. The normalized spacial score (nSPS) is 15.3. The highest BCUT2D eigenvalue weighted by Gasteiger charge is 2.29. The lowest BCUT2D eigenvalue weighted by Crippen LogP contribution is -2.53. The number of aryl methyl sites for hydroxylation is 1. The van der Waals surface area contributed by atoms with E-state index in [1.165, 1.54) is 14.0 Å². The van der Waals surface area contributed by atoms with E-state index in [-0.39, 0.29) is 5.92 Å². The molecule has 2 amide bonds. The maximum absolute atomic E-state index is 12.3. The van der Waals surface area contributed by atoms with Gasteiger partial charge in [-0.05, 0) is 31.7 Å². The Hall–Kier alpha value is -2.45. The summed E-state index contributed by atoms with van der Waals surface area (Å²) in [6.45, 7) is 7.20. The first-order valence-electron chi connectivity index (χ1n) is 9.25. The SMILES string of the molecule is COC(=O)[C@H](CC(C)C)NC(=O)[C@H](C)NC(=O)[C@@H](O)[C@H](N)c1ccc(C)cc1. The van der Waals surface area contributed by atoms with Gasteiger partial charge in [-0.3, -0.25) is 9.59 Å². The first-order valence-corrected chi connectivity index (χ1v) is 9.25. The van der Waals surface area contributed by atoms with E-state index in [9.17, 15) is 19.5 Å². The van der Waals surface area contributed by atoms with Crippen LogP contribution >= 0.6 is 0 Å². The second kappa shape index (κ2) is 10.8. The van der Waals surface area contributed by atoms with Crippen molar-refractivity contribution in [2.75, 3.05) is 7.11 Å². The van der Waals surface area contributed by atoms with Crippen LogP contribution in [0.2, 0.25) is 0 Å². The molecule has 1 rings (SSSR count). The number of aliphatic hydroxyl groups excluding tert-OH is 1. The van der Waals surface area contributed by atoms with E-state index < -0.39 is 42.0 Å². The van der Waals surface area contributed by atoms with Crippen LogP contribution in [0.25, 0.3) is 0 Å². The van der Waals surface area contributed by atoms with Gasteiger partial charge in [0.2, 0.25) is 5.91 Å². The molecule has 0 radical (unpaired) electrons. The van der Waals surface area contributed by atoms with Crippen molar-refractivity contribution in [3.05, 3.63) is 35.4 Å². The summed E-state index contributed by atoms with van der Waals surface area (Å²) in [7, 11) is 1.25. The topological polar surface area (TPSA) is 131 Å². The van der Waals surface area contributed by atoms with Crippen LogP contribution in [-0.2, 0) is 19.1 Å². The number of hydrogen-bond acceptors (Lipinski definition) is 6. The molecule has 0 bridgehead atoms. The zero-order valence-electron chi connectivity index (χ0n) is 17.1. The Morgan fingerprint density at radius 1 is 1.07 bits per heavy atom. The predicted molar refractivity (Wildman–Crippen MR) is 105 cm³/mol. The van der Waals surface area contributed by atoms with Crippen molar-refractivity contribution < 1.29 is 24.2 Å². The Bertz CT molecular complexity index is 675. The third-order valence-corrected chi connectivity index (χ3v) is 4.33. The van der Waals surface area contributed by atoms with Crippen molar-refractivity contribution in [2.45, 2.75) is 58.3 Å². The molecule has 8 heteroatoms. The molecule has 156 valence electrons. The van der Waals surface area contributed by atoms with Crippen LogP contribution in [-0.4, -0.2) is 48.2 Å². The van der Waals surface area contributed by atoms with Crippen LogP contribution in [0.3, 0.4) is 0 Å². The van der Waals surface area contributed by atoms with Gasteiger partial charge in [0.25, 0.3) is 5.91 Å². The smallest absolute Gasteiger partial charge is 0.328 e. The van der Waals surface area contributed by atoms with Gasteiger partial charge in [-0.25, -0.2) is 4.79 Å². The minimum atomic E-state index is -1.52. The number of benzene rings is 1. The van der Waals surface area contributed by atoms with Crippen molar-refractivity contribution in [1.29, 1.82) is 0 Å². The molecule has 0 saturated carbocycles. The molecule has 1 aromatic carbocycles. The summed E-state index contributed by atoms with van der Waals surface area (Å²) < 4.78 is 4.70. The van der Waals surface area contributed by atoms with Gasteiger partial charge in [0, 0.05) is 0 Å².